The summed E-state index contributed by atoms with van der Waals surface area (Å²) in [6, 6.07) is 8.14. The third-order valence-electron chi connectivity index (χ3n) is 3.75. The molecule has 0 spiro atoms. The second kappa shape index (κ2) is 9.78. The molecule has 2 aromatic rings. The average molecular weight is 402 g/mol. The van der Waals surface area contributed by atoms with Crippen molar-refractivity contribution >= 4 is 29.4 Å². The molecule has 29 heavy (non-hydrogen) atoms. The van der Waals surface area contributed by atoms with Crippen LogP contribution in [0, 0.1) is 10.1 Å². The molecule has 2 rings (SSSR count). The van der Waals surface area contributed by atoms with Crippen molar-refractivity contribution in [2.24, 2.45) is 7.05 Å². The number of nitrogens with one attached hydrogen (secondary N) is 2. The molecule has 0 unspecified atom stereocenters. The fourth-order valence-corrected chi connectivity index (χ4v) is 2.26. The molecule has 0 fully saturated rings. The van der Waals surface area contributed by atoms with Crippen LogP contribution in [0.1, 0.15) is 27.3 Å². The molecule has 11 heteroatoms. The van der Waals surface area contributed by atoms with Gasteiger partial charge in [-0.25, -0.2) is 0 Å². The van der Waals surface area contributed by atoms with Crippen molar-refractivity contribution < 1.29 is 28.8 Å². The molecule has 0 saturated carbocycles. The molecular formula is C18H18N4O7. The maximum Gasteiger partial charge on any atom is 0.308 e. The Bertz CT molecular complexity index is 934. The monoisotopic (exact) mass is 402 g/mol. The summed E-state index contributed by atoms with van der Waals surface area (Å²) in [5.74, 6) is -2.65. The van der Waals surface area contributed by atoms with Crippen LogP contribution in [0.2, 0.25) is 0 Å². The van der Waals surface area contributed by atoms with Gasteiger partial charge in [-0.05, 0) is 24.3 Å². The molecule has 1 heterocycles. The first-order valence-corrected chi connectivity index (χ1v) is 8.41. The lowest BCUT2D eigenvalue weighted by Crippen LogP contribution is -2.35. The van der Waals surface area contributed by atoms with E-state index >= 15 is 0 Å². The lowest BCUT2D eigenvalue weighted by Gasteiger charge is -2.07. The highest BCUT2D eigenvalue weighted by atomic mass is 16.6. The van der Waals surface area contributed by atoms with E-state index in [1.807, 2.05) is 0 Å². The summed E-state index contributed by atoms with van der Waals surface area (Å²) in [5.41, 5.74) is 0.329. The molecule has 0 saturated heterocycles. The van der Waals surface area contributed by atoms with Gasteiger partial charge >= 0.3 is 5.97 Å². The number of hydrogen-bond acceptors (Lipinski definition) is 7. The number of rotatable bonds is 8. The fourth-order valence-electron chi connectivity index (χ4n) is 2.26. The first kappa shape index (κ1) is 21.3. The SMILES string of the molecule is Cn1cccc1C(=O)NC(=O)COC(=O)CCNC(=O)c1ccc([N+](=O)[O-])cc1. The minimum atomic E-state index is -0.778. The number of amides is 3. The molecule has 3 amide bonds. The van der Waals surface area contributed by atoms with E-state index in [1.54, 1.807) is 19.3 Å². The van der Waals surface area contributed by atoms with E-state index in [4.69, 9.17) is 4.74 Å². The number of aromatic nitrogens is 1. The van der Waals surface area contributed by atoms with Gasteiger partial charge in [-0.3, -0.25) is 34.6 Å². The third-order valence-corrected chi connectivity index (χ3v) is 3.75. The molecule has 0 aliphatic carbocycles. The molecule has 152 valence electrons. The number of benzene rings is 1. The van der Waals surface area contributed by atoms with E-state index in [9.17, 15) is 29.3 Å². The van der Waals surface area contributed by atoms with E-state index in [2.05, 4.69) is 10.6 Å². The zero-order chi connectivity index (χ0) is 21.4. The van der Waals surface area contributed by atoms with Crippen LogP contribution in [0.15, 0.2) is 42.6 Å². The molecule has 0 atom stereocenters. The van der Waals surface area contributed by atoms with Gasteiger partial charge in [-0.15, -0.1) is 0 Å². The highest BCUT2D eigenvalue weighted by molar-refractivity contribution is 6.04. The van der Waals surface area contributed by atoms with Crippen LogP contribution in [-0.2, 0) is 21.4 Å². The van der Waals surface area contributed by atoms with E-state index in [1.165, 1.54) is 34.9 Å². The summed E-state index contributed by atoms with van der Waals surface area (Å²) in [4.78, 5) is 57.0. The second-order valence-corrected chi connectivity index (χ2v) is 5.85. The summed E-state index contributed by atoms with van der Waals surface area (Å²) in [6.07, 6.45) is 1.45. The van der Waals surface area contributed by atoms with Gasteiger partial charge in [0, 0.05) is 37.5 Å². The summed E-state index contributed by atoms with van der Waals surface area (Å²) in [6.45, 7) is -0.691. The average Bonchev–Trinajstić information content (AvgIpc) is 3.12. The highest BCUT2D eigenvalue weighted by Crippen LogP contribution is 2.11. The number of nitrogens with zero attached hydrogens (tertiary/aromatic N) is 2. The quantitative estimate of drug-likeness (QED) is 0.372. The Morgan fingerprint density at radius 3 is 2.38 bits per heavy atom. The highest BCUT2D eigenvalue weighted by Gasteiger charge is 2.15. The van der Waals surface area contributed by atoms with Crippen molar-refractivity contribution in [2.45, 2.75) is 6.42 Å². The number of esters is 1. The molecular weight excluding hydrogens is 384 g/mol. The molecule has 2 N–H and O–H groups in total. The van der Waals surface area contributed by atoms with Crippen LogP contribution in [0.5, 0.6) is 0 Å². The maximum atomic E-state index is 11.9. The number of carbonyl (C=O) groups excluding carboxylic acids is 4. The van der Waals surface area contributed by atoms with Gasteiger partial charge in [0.2, 0.25) is 0 Å². The van der Waals surface area contributed by atoms with Gasteiger partial charge in [-0.1, -0.05) is 0 Å². The van der Waals surface area contributed by atoms with E-state index < -0.39 is 35.2 Å². The summed E-state index contributed by atoms with van der Waals surface area (Å²) in [5, 5.41) is 15.1. The summed E-state index contributed by atoms with van der Waals surface area (Å²) < 4.78 is 6.28. The number of carbonyl (C=O) groups is 4. The van der Waals surface area contributed by atoms with Gasteiger partial charge in [0.05, 0.1) is 11.3 Å². The van der Waals surface area contributed by atoms with Crippen molar-refractivity contribution in [3.8, 4) is 0 Å². The van der Waals surface area contributed by atoms with E-state index in [-0.39, 0.29) is 29.9 Å². The Hall–Kier alpha value is -4.02. The molecule has 11 nitrogen and oxygen atoms in total. The molecule has 0 bridgehead atoms. The van der Waals surface area contributed by atoms with Crippen LogP contribution < -0.4 is 10.6 Å². The lowest BCUT2D eigenvalue weighted by atomic mass is 10.2. The minimum absolute atomic E-state index is 0.0570. The Balaban J connectivity index is 1.68. The van der Waals surface area contributed by atoms with Gasteiger partial charge in [0.25, 0.3) is 23.4 Å². The molecule has 1 aromatic carbocycles. The maximum absolute atomic E-state index is 11.9. The van der Waals surface area contributed by atoms with Crippen LogP contribution in [0.3, 0.4) is 0 Å². The standard InChI is InChI=1S/C18H18N4O7/c1-21-10-2-3-14(21)18(26)20-15(23)11-29-16(24)8-9-19-17(25)12-4-6-13(7-5-12)22(27)28/h2-7,10H,8-9,11H2,1H3,(H,19,25)(H,20,23,26). The van der Waals surface area contributed by atoms with Crippen LogP contribution >= 0.6 is 0 Å². The van der Waals surface area contributed by atoms with Crippen molar-refractivity contribution in [1.82, 2.24) is 15.2 Å². The van der Waals surface area contributed by atoms with E-state index in [0.717, 1.165) is 0 Å². The normalized spacial score (nSPS) is 10.1. The first-order chi connectivity index (χ1) is 13.8. The van der Waals surface area contributed by atoms with Crippen molar-refractivity contribution in [3.63, 3.8) is 0 Å². The van der Waals surface area contributed by atoms with Crippen LogP contribution in [-0.4, -0.2) is 46.3 Å². The summed E-state index contributed by atoms with van der Waals surface area (Å²) >= 11 is 0. The topological polar surface area (TPSA) is 150 Å². The Kier molecular flexibility index (Phi) is 7.18. The number of aryl methyl sites for hydroxylation is 1. The van der Waals surface area contributed by atoms with Crippen molar-refractivity contribution in [2.75, 3.05) is 13.2 Å². The Morgan fingerprint density at radius 1 is 1.10 bits per heavy atom. The third kappa shape index (κ3) is 6.27. The van der Waals surface area contributed by atoms with Gasteiger partial charge in [0.1, 0.15) is 5.69 Å². The molecule has 0 aliphatic rings. The summed E-state index contributed by atoms with van der Waals surface area (Å²) in [7, 11) is 1.64. The smallest absolute Gasteiger partial charge is 0.308 e. The molecule has 0 aliphatic heterocycles. The molecule has 0 radical (unpaired) electrons. The van der Waals surface area contributed by atoms with Crippen LogP contribution in [0.25, 0.3) is 0 Å². The lowest BCUT2D eigenvalue weighted by molar-refractivity contribution is -0.384. The van der Waals surface area contributed by atoms with Crippen molar-refractivity contribution in [3.05, 3.63) is 64.0 Å². The number of ether oxygens (including phenoxy) is 1. The Morgan fingerprint density at radius 2 is 1.79 bits per heavy atom. The number of non-ortho nitro benzene ring substituents is 1. The molecule has 1 aromatic heterocycles. The number of imide groups is 1. The number of nitro groups is 1. The zero-order valence-corrected chi connectivity index (χ0v) is 15.4. The van der Waals surface area contributed by atoms with Gasteiger partial charge < -0.3 is 14.6 Å². The Labute approximate surface area is 164 Å². The first-order valence-electron chi connectivity index (χ1n) is 8.41. The zero-order valence-electron chi connectivity index (χ0n) is 15.4. The fraction of sp³-hybridized carbons (Fsp3) is 0.222. The second-order valence-electron chi connectivity index (χ2n) is 5.85. The minimum Gasteiger partial charge on any atom is -0.456 e. The largest absolute Gasteiger partial charge is 0.456 e. The number of hydrogen-bond donors (Lipinski definition) is 2. The van der Waals surface area contributed by atoms with Gasteiger partial charge in [-0.2, -0.15) is 0 Å². The van der Waals surface area contributed by atoms with Crippen LogP contribution in [0.4, 0.5) is 5.69 Å². The number of nitro benzene ring substituents is 1. The van der Waals surface area contributed by atoms with Gasteiger partial charge in [0.15, 0.2) is 6.61 Å². The predicted octanol–water partition coefficient (Wildman–Crippen LogP) is 0.553. The predicted molar refractivity (Wildman–Crippen MR) is 98.9 cm³/mol. The van der Waals surface area contributed by atoms with Crippen molar-refractivity contribution in [1.29, 1.82) is 0 Å². The van der Waals surface area contributed by atoms with E-state index in [0.29, 0.717) is 0 Å².